The number of hydrogen-bond donors (Lipinski definition) is 1. The van der Waals surface area contributed by atoms with Crippen molar-refractivity contribution < 1.29 is 4.79 Å². The molecule has 1 aromatic rings. The first-order chi connectivity index (χ1) is 9.99. The molecule has 1 aliphatic heterocycles. The highest BCUT2D eigenvalue weighted by molar-refractivity contribution is 5.95. The van der Waals surface area contributed by atoms with Crippen LogP contribution in [0.25, 0.3) is 0 Å². The van der Waals surface area contributed by atoms with E-state index >= 15 is 0 Å². The van der Waals surface area contributed by atoms with E-state index in [9.17, 15) is 4.79 Å². The second-order valence-corrected chi connectivity index (χ2v) is 6.11. The Morgan fingerprint density at radius 1 is 1.29 bits per heavy atom. The molecule has 5 nitrogen and oxygen atoms in total. The average Bonchev–Trinajstić information content (AvgIpc) is 2.46. The smallest absolute Gasteiger partial charge is 0.254 e. The molecule has 2 rings (SSSR count). The van der Waals surface area contributed by atoms with E-state index in [0.717, 1.165) is 44.8 Å². The largest absolute Gasteiger partial charge is 0.384 e. The van der Waals surface area contributed by atoms with Gasteiger partial charge in [0.2, 0.25) is 0 Å². The minimum absolute atomic E-state index is 0.0722. The topological polar surface area (TPSA) is 62.5 Å². The Bertz CT molecular complexity index is 493. The maximum Gasteiger partial charge on any atom is 0.254 e. The first-order valence-corrected chi connectivity index (χ1v) is 7.77. The number of nitrogens with two attached hydrogens (primary N) is 1. The summed E-state index contributed by atoms with van der Waals surface area (Å²) in [7, 11) is 0. The van der Waals surface area contributed by atoms with E-state index in [-0.39, 0.29) is 5.91 Å². The Kier molecular flexibility index (Phi) is 5.17. The monoisotopic (exact) mass is 290 g/mol. The summed E-state index contributed by atoms with van der Waals surface area (Å²) >= 11 is 0. The molecule has 0 bridgehead atoms. The quantitative estimate of drug-likeness (QED) is 0.915. The van der Waals surface area contributed by atoms with Gasteiger partial charge in [-0.2, -0.15) is 0 Å². The van der Waals surface area contributed by atoms with Crippen molar-refractivity contribution in [2.24, 2.45) is 5.92 Å². The molecule has 0 unspecified atom stereocenters. The number of nitrogens with zero attached hydrogens (tertiary/aromatic N) is 3. The average molecular weight is 290 g/mol. The third-order valence-electron chi connectivity index (χ3n) is 3.79. The number of carbonyl (C=O) groups excluding carboxylic acids is 1. The lowest BCUT2D eigenvalue weighted by atomic mass is 10.1. The van der Waals surface area contributed by atoms with Crippen LogP contribution in [0.4, 0.5) is 5.82 Å². The third-order valence-corrected chi connectivity index (χ3v) is 3.79. The Hall–Kier alpha value is -1.62. The van der Waals surface area contributed by atoms with Gasteiger partial charge < -0.3 is 10.6 Å². The van der Waals surface area contributed by atoms with Crippen molar-refractivity contribution in [3.05, 3.63) is 23.4 Å². The van der Waals surface area contributed by atoms with Crippen LogP contribution >= 0.6 is 0 Å². The molecule has 0 aliphatic carbocycles. The van der Waals surface area contributed by atoms with Crippen LogP contribution in [-0.2, 0) is 6.42 Å². The Balaban J connectivity index is 2.00. The van der Waals surface area contributed by atoms with Crippen molar-refractivity contribution in [2.45, 2.75) is 27.2 Å². The molecule has 0 atom stereocenters. The zero-order valence-electron chi connectivity index (χ0n) is 13.3. The summed E-state index contributed by atoms with van der Waals surface area (Å²) in [5, 5.41) is 0. The summed E-state index contributed by atoms with van der Waals surface area (Å²) in [6.07, 6.45) is 0.785. The molecule has 0 radical (unpaired) electrons. The molecule has 1 fully saturated rings. The Morgan fingerprint density at radius 2 is 1.95 bits per heavy atom. The number of amides is 1. The first-order valence-electron chi connectivity index (χ1n) is 7.77. The minimum atomic E-state index is 0.0722. The lowest BCUT2D eigenvalue weighted by Crippen LogP contribution is -2.49. The number of nitrogen functional groups attached to an aromatic ring is 1. The number of hydrogen-bond acceptors (Lipinski definition) is 4. The van der Waals surface area contributed by atoms with Gasteiger partial charge in [0.25, 0.3) is 5.91 Å². The number of carbonyl (C=O) groups is 1. The van der Waals surface area contributed by atoms with Crippen LogP contribution in [-0.4, -0.2) is 53.4 Å². The van der Waals surface area contributed by atoms with Gasteiger partial charge in [0.05, 0.1) is 0 Å². The molecule has 1 aliphatic rings. The number of pyridine rings is 1. The number of aryl methyl sites for hydroxylation is 1. The van der Waals surface area contributed by atoms with Gasteiger partial charge in [-0.1, -0.05) is 20.8 Å². The van der Waals surface area contributed by atoms with Crippen molar-refractivity contribution in [3.8, 4) is 0 Å². The number of rotatable bonds is 4. The van der Waals surface area contributed by atoms with Crippen molar-refractivity contribution >= 4 is 11.7 Å². The van der Waals surface area contributed by atoms with E-state index in [1.54, 1.807) is 6.07 Å². The van der Waals surface area contributed by atoms with Crippen molar-refractivity contribution in [3.63, 3.8) is 0 Å². The predicted molar refractivity (Wildman–Crippen MR) is 85.2 cm³/mol. The zero-order valence-corrected chi connectivity index (χ0v) is 13.3. The van der Waals surface area contributed by atoms with E-state index in [1.807, 2.05) is 17.9 Å². The molecule has 5 heteroatoms. The molecule has 2 N–H and O–H groups in total. The van der Waals surface area contributed by atoms with Crippen LogP contribution in [0.1, 0.15) is 36.8 Å². The molecular formula is C16H26N4O. The molecule has 1 saturated heterocycles. The molecule has 0 spiro atoms. The van der Waals surface area contributed by atoms with Crippen molar-refractivity contribution in [1.82, 2.24) is 14.8 Å². The molecule has 1 amide bonds. The van der Waals surface area contributed by atoms with Gasteiger partial charge in [-0.15, -0.1) is 0 Å². The number of aromatic nitrogens is 1. The summed E-state index contributed by atoms with van der Waals surface area (Å²) in [6.45, 7) is 11.0. The SMILES string of the molecule is CCc1cc(C(=O)N2CCN(CC(C)C)CC2)cc(N)n1. The Labute approximate surface area is 127 Å². The minimum Gasteiger partial charge on any atom is -0.384 e. The zero-order chi connectivity index (χ0) is 15.4. The fourth-order valence-electron chi connectivity index (χ4n) is 2.75. The highest BCUT2D eigenvalue weighted by atomic mass is 16.2. The highest BCUT2D eigenvalue weighted by Crippen LogP contribution is 2.13. The Morgan fingerprint density at radius 3 is 2.52 bits per heavy atom. The highest BCUT2D eigenvalue weighted by Gasteiger charge is 2.22. The van der Waals surface area contributed by atoms with Gasteiger partial charge >= 0.3 is 0 Å². The van der Waals surface area contributed by atoms with E-state index < -0.39 is 0 Å². The van der Waals surface area contributed by atoms with Gasteiger partial charge in [0, 0.05) is 44.0 Å². The van der Waals surface area contributed by atoms with Gasteiger partial charge in [-0.3, -0.25) is 9.69 Å². The molecule has 0 aromatic carbocycles. The van der Waals surface area contributed by atoms with E-state index in [0.29, 0.717) is 17.3 Å². The summed E-state index contributed by atoms with van der Waals surface area (Å²) < 4.78 is 0. The van der Waals surface area contributed by atoms with Gasteiger partial charge in [0.1, 0.15) is 5.82 Å². The lowest BCUT2D eigenvalue weighted by molar-refractivity contribution is 0.0623. The van der Waals surface area contributed by atoms with Gasteiger partial charge in [-0.05, 0) is 24.5 Å². The van der Waals surface area contributed by atoms with E-state index in [2.05, 4.69) is 23.7 Å². The van der Waals surface area contributed by atoms with Crippen LogP contribution in [0, 0.1) is 5.92 Å². The van der Waals surface area contributed by atoms with Crippen molar-refractivity contribution in [1.29, 1.82) is 0 Å². The van der Waals surface area contributed by atoms with E-state index in [1.165, 1.54) is 0 Å². The summed E-state index contributed by atoms with van der Waals surface area (Å²) in [6, 6.07) is 3.54. The van der Waals surface area contributed by atoms with Crippen LogP contribution in [0.2, 0.25) is 0 Å². The van der Waals surface area contributed by atoms with Gasteiger partial charge in [-0.25, -0.2) is 4.98 Å². The van der Waals surface area contributed by atoms with Crippen LogP contribution in [0.3, 0.4) is 0 Å². The molecule has 2 heterocycles. The predicted octanol–water partition coefficient (Wildman–Crippen LogP) is 1.64. The maximum atomic E-state index is 12.6. The van der Waals surface area contributed by atoms with Gasteiger partial charge in [0.15, 0.2) is 0 Å². The normalized spacial score (nSPS) is 16.5. The molecule has 116 valence electrons. The molecule has 1 aromatic heterocycles. The second-order valence-electron chi connectivity index (χ2n) is 6.11. The summed E-state index contributed by atoms with van der Waals surface area (Å²) in [4.78, 5) is 21.1. The third kappa shape index (κ3) is 4.17. The molecule has 0 saturated carbocycles. The fraction of sp³-hybridized carbons (Fsp3) is 0.625. The van der Waals surface area contributed by atoms with Crippen LogP contribution < -0.4 is 5.73 Å². The second kappa shape index (κ2) is 6.89. The van der Waals surface area contributed by atoms with Crippen LogP contribution in [0.15, 0.2) is 12.1 Å². The van der Waals surface area contributed by atoms with Crippen molar-refractivity contribution in [2.75, 3.05) is 38.5 Å². The summed E-state index contributed by atoms with van der Waals surface area (Å²) in [5.41, 5.74) is 7.32. The summed E-state index contributed by atoms with van der Waals surface area (Å²) in [5.74, 6) is 1.17. The van der Waals surface area contributed by atoms with E-state index in [4.69, 9.17) is 5.73 Å². The number of anilines is 1. The molecular weight excluding hydrogens is 264 g/mol. The standard InChI is InChI=1S/C16H26N4O/c1-4-14-9-13(10-15(17)18-14)16(21)20-7-5-19(6-8-20)11-12(2)3/h9-10,12H,4-8,11H2,1-3H3,(H2,17,18). The first kappa shape index (κ1) is 15.8. The molecule has 21 heavy (non-hydrogen) atoms. The van der Waals surface area contributed by atoms with Crippen LogP contribution in [0.5, 0.6) is 0 Å². The number of piperazine rings is 1. The fourth-order valence-corrected chi connectivity index (χ4v) is 2.75. The lowest BCUT2D eigenvalue weighted by Gasteiger charge is -2.35. The maximum absolute atomic E-state index is 12.6.